The van der Waals surface area contributed by atoms with Crippen molar-refractivity contribution in [3.8, 4) is 0 Å². The molecule has 0 radical (unpaired) electrons. The summed E-state index contributed by atoms with van der Waals surface area (Å²) < 4.78 is 17.7. The Morgan fingerprint density at radius 3 is 2.67 bits per heavy atom. The molecule has 2 aromatic rings. The third-order valence-corrected chi connectivity index (χ3v) is 2.70. The number of nitrogens with one attached hydrogen (secondary N) is 1. The lowest BCUT2D eigenvalue weighted by Gasteiger charge is -2.16. The minimum Gasteiger partial charge on any atom is -0.472 e. The van der Waals surface area contributed by atoms with Crippen molar-refractivity contribution in [2.24, 2.45) is 0 Å². The summed E-state index contributed by atoms with van der Waals surface area (Å²) in [6.45, 7) is 2.59. The lowest BCUT2D eigenvalue weighted by Crippen LogP contribution is -2.24. The number of anilines is 1. The van der Waals surface area contributed by atoms with Crippen molar-refractivity contribution >= 4 is 5.69 Å². The summed E-state index contributed by atoms with van der Waals surface area (Å²) in [7, 11) is 2.05. The van der Waals surface area contributed by atoms with Gasteiger partial charge in [-0.25, -0.2) is 4.39 Å². The van der Waals surface area contributed by atoms with E-state index in [1.54, 1.807) is 24.7 Å². The molecule has 0 aliphatic heterocycles. The predicted octanol–water partition coefficient (Wildman–Crippen LogP) is 2.96. The highest BCUT2D eigenvalue weighted by molar-refractivity contribution is 5.42. The van der Waals surface area contributed by atoms with Crippen LogP contribution in [0, 0.1) is 5.82 Å². The first-order valence-electron chi connectivity index (χ1n) is 5.93. The molecular weight excluding hydrogens is 231 g/mol. The number of furan rings is 1. The minimum absolute atomic E-state index is 0.211. The van der Waals surface area contributed by atoms with Gasteiger partial charge in [0.05, 0.1) is 12.5 Å². The molecule has 0 bridgehead atoms. The Balaban J connectivity index is 1.70. The molecule has 18 heavy (non-hydrogen) atoms. The molecule has 0 amide bonds. The summed E-state index contributed by atoms with van der Waals surface area (Å²) in [6.07, 6.45) is 3.43. The van der Waals surface area contributed by atoms with Crippen molar-refractivity contribution in [1.29, 1.82) is 0 Å². The largest absolute Gasteiger partial charge is 0.472 e. The second-order valence-electron chi connectivity index (χ2n) is 4.30. The average molecular weight is 248 g/mol. The van der Waals surface area contributed by atoms with Gasteiger partial charge in [-0.15, -0.1) is 0 Å². The number of benzene rings is 1. The molecule has 0 saturated heterocycles. The molecule has 1 N–H and O–H groups in total. The van der Waals surface area contributed by atoms with Gasteiger partial charge in [-0.2, -0.15) is 0 Å². The highest BCUT2D eigenvalue weighted by Gasteiger charge is 2.01. The van der Waals surface area contributed by atoms with Gasteiger partial charge in [0, 0.05) is 30.9 Å². The Bertz CT molecular complexity index is 453. The van der Waals surface area contributed by atoms with E-state index in [4.69, 9.17) is 4.42 Å². The summed E-state index contributed by atoms with van der Waals surface area (Å²) >= 11 is 0. The lowest BCUT2D eigenvalue weighted by molar-refractivity contribution is 0.338. The zero-order valence-electron chi connectivity index (χ0n) is 10.4. The number of hydrogen-bond acceptors (Lipinski definition) is 3. The molecule has 4 heteroatoms. The van der Waals surface area contributed by atoms with Gasteiger partial charge in [0.15, 0.2) is 0 Å². The Hall–Kier alpha value is -1.81. The number of hydrogen-bond donors (Lipinski definition) is 1. The van der Waals surface area contributed by atoms with Crippen LogP contribution in [-0.4, -0.2) is 25.0 Å². The standard InChI is InChI=1S/C14H17FN2O/c1-17(10-12-6-9-18-11-12)8-7-16-14-4-2-13(15)3-5-14/h2-6,9,11,16H,7-8,10H2,1H3. The summed E-state index contributed by atoms with van der Waals surface area (Å²) in [5.41, 5.74) is 2.10. The molecule has 0 aliphatic rings. The molecule has 0 atom stereocenters. The number of halogens is 1. The van der Waals surface area contributed by atoms with Gasteiger partial charge in [-0.3, -0.25) is 0 Å². The van der Waals surface area contributed by atoms with Gasteiger partial charge in [0.25, 0.3) is 0 Å². The quantitative estimate of drug-likeness (QED) is 0.852. The fourth-order valence-corrected chi connectivity index (χ4v) is 1.73. The fraction of sp³-hybridized carbons (Fsp3) is 0.286. The smallest absolute Gasteiger partial charge is 0.123 e. The third kappa shape index (κ3) is 3.89. The number of nitrogens with zero attached hydrogens (tertiary/aromatic N) is 1. The van der Waals surface area contributed by atoms with Crippen LogP contribution in [0.3, 0.4) is 0 Å². The van der Waals surface area contributed by atoms with Crippen molar-refractivity contribution in [3.05, 3.63) is 54.2 Å². The van der Waals surface area contributed by atoms with Crippen molar-refractivity contribution in [2.75, 3.05) is 25.5 Å². The summed E-state index contributed by atoms with van der Waals surface area (Å²) in [5, 5.41) is 3.25. The van der Waals surface area contributed by atoms with E-state index in [9.17, 15) is 4.39 Å². The monoisotopic (exact) mass is 248 g/mol. The van der Waals surface area contributed by atoms with Crippen LogP contribution < -0.4 is 5.32 Å². The minimum atomic E-state index is -0.211. The molecular formula is C14H17FN2O. The molecule has 3 nitrogen and oxygen atoms in total. The lowest BCUT2D eigenvalue weighted by atomic mass is 10.3. The summed E-state index contributed by atoms with van der Waals surface area (Å²) in [4.78, 5) is 2.20. The maximum atomic E-state index is 12.7. The fourth-order valence-electron chi connectivity index (χ4n) is 1.73. The number of likely N-dealkylation sites (N-methyl/N-ethyl adjacent to an activating group) is 1. The van der Waals surface area contributed by atoms with Gasteiger partial charge < -0.3 is 14.6 Å². The molecule has 1 aromatic carbocycles. The van der Waals surface area contributed by atoms with Crippen LogP contribution in [0.5, 0.6) is 0 Å². The van der Waals surface area contributed by atoms with E-state index in [0.29, 0.717) is 0 Å². The molecule has 1 heterocycles. The Morgan fingerprint density at radius 2 is 2.00 bits per heavy atom. The summed E-state index contributed by atoms with van der Waals surface area (Å²) in [6, 6.07) is 8.36. The first-order valence-corrected chi connectivity index (χ1v) is 5.93. The normalized spacial score (nSPS) is 10.8. The molecule has 0 aliphatic carbocycles. The first-order chi connectivity index (χ1) is 8.74. The second kappa shape index (κ2) is 6.21. The number of rotatable bonds is 6. The molecule has 96 valence electrons. The highest BCUT2D eigenvalue weighted by Crippen LogP contribution is 2.08. The van der Waals surface area contributed by atoms with Crippen LogP contribution in [0.4, 0.5) is 10.1 Å². The zero-order valence-corrected chi connectivity index (χ0v) is 10.4. The summed E-state index contributed by atoms with van der Waals surface area (Å²) in [5.74, 6) is -0.211. The van der Waals surface area contributed by atoms with E-state index in [1.165, 1.54) is 17.7 Å². The van der Waals surface area contributed by atoms with E-state index in [0.717, 1.165) is 25.3 Å². The van der Waals surface area contributed by atoms with Crippen LogP contribution in [0.1, 0.15) is 5.56 Å². The third-order valence-electron chi connectivity index (χ3n) is 2.70. The molecule has 0 unspecified atom stereocenters. The Kier molecular flexibility index (Phi) is 4.36. The van der Waals surface area contributed by atoms with Gasteiger partial charge >= 0.3 is 0 Å². The van der Waals surface area contributed by atoms with Crippen LogP contribution in [0.2, 0.25) is 0 Å². The maximum absolute atomic E-state index is 12.7. The van der Waals surface area contributed by atoms with Gasteiger partial charge in [0.1, 0.15) is 5.82 Å². The van der Waals surface area contributed by atoms with E-state index in [-0.39, 0.29) is 5.82 Å². The second-order valence-corrected chi connectivity index (χ2v) is 4.30. The van der Waals surface area contributed by atoms with Gasteiger partial charge in [0.2, 0.25) is 0 Å². The van der Waals surface area contributed by atoms with Crippen LogP contribution in [0.15, 0.2) is 47.3 Å². The van der Waals surface area contributed by atoms with E-state index >= 15 is 0 Å². The van der Waals surface area contributed by atoms with Crippen LogP contribution >= 0.6 is 0 Å². The predicted molar refractivity (Wildman–Crippen MR) is 69.9 cm³/mol. The Morgan fingerprint density at radius 1 is 1.22 bits per heavy atom. The molecule has 1 aromatic heterocycles. The van der Waals surface area contributed by atoms with Gasteiger partial charge in [-0.05, 0) is 37.4 Å². The Labute approximate surface area is 106 Å². The SMILES string of the molecule is CN(CCNc1ccc(F)cc1)Cc1ccoc1. The van der Waals surface area contributed by atoms with Crippen LogP contribution in [-0.2, 0) is 6.54 Å². The van der Waals surface area contributed by atoms with Crippen molar-refractivity contribution < 1.29 is 8.81 Å². The zero-order chi connectivity index (χ0) is 12.8. The molecule has 0 spiro atoms. The first kappa shape index (κ1) is 12.6. The van der Waals surface area contributed by atoms with Crippen molar-refractivity contribution in [1.82, 2.24) is 4.90 Å². The highest BCUT2D eigenvalue weighted by atomic mass is 19.1. The molecule has 2 rings (SSSR count). The topological polar surface area (TPSA) is 28.4 Å². The van der Waals surface area contributed by atoms with Crippen molar-refractivity contribution in [2.45, 2.75) is 6.54 Å². The van der Waals surface area contributed by atoms with Crippen molar-refractivity contribution in [3.63, 3.8) is 0 Å². The van der Waals surface area contributed by atoms with Gasteiger partial charge in [-0.1, -0.05) is 0 Å². The van der Waals surface area contributed by atoms with Crippen LogP contribution in [0.25, 0.3) is 0 Å². The van der Waals surface area contributed by atoms with E-state index < -0.39 is 0 Å². The average Bonchev–Trinajstić information content (AvgIpc) is 2.84. The maximum Gasteiger partial charge on any atom is 0.123 e. The van der Waals surface area contributed by atoms with E-state index in [2.05, 4.69) is 17.3 Å². The molecule has 0 fully saturated rings. The molecule has 0 saturated carbocycles. The van der Waals surface area contributed by atoms with E-state index in [1.807, 2.05) is 6.07 Å².